The second-order valence-corrected chi connectivity index (χ2v) is 8.46. The van der Waals surface area contributed by atoms with Gasteiger partial charge >= 0.3 is 0 Å². The Morgan fingerprint density at radius 3 is 2.35 bits per heavy atom. The van der Waals surface area contributed by atoms with E-state index in [-0.39, 0.29) is 10.7 Å². The molecule has 0 aliphatic rings. The Kier molecular flexibility index (Phi) is 5.50. The van der Waals surface area contributed by atoms with Crippen LogP contribution in [0.5, 0.6) is 0 Å². The van der Waals surface area contributed by atoms with Gasteiger partial charge in [0, 0.05) is 29.6 Å². The highest BCUT2D eigenvalue weighted by Crippen LogP contribution is 2.30. The average Bonchev–Trinajstić information content (AvgIpc) is 3.13. The van der Waals surface area contributed by atoms with E-state index in [0.717, 1.165) is 21.8 Å². The van der Waals surface area contributed by atoms with Gasteiger partial charge in [0.25, 0.3) is 0 Å². The van der Waals surface area contributed by atoms with Crippen LogP contribution in [0.3, 0.4) is 0 Å². The van der Waals surface area contributed by atoms with E-state index < -0.39 is 10.0 Å². The van der Waals surface area contributed by atoms with Crippen molar-refractivity contribution in [2.75, 3.05) is 13.1 Å². The first-order valence-electron chi connectivity index (χ1n) is 8.27. The lowest BCUT2D eigenvalue weighted by molar-refractivity contribution is 0.445. The molecule has 3 rings (SSSR count). The summed E-state index contributed by atoms with van der Waals surface area (Å²) in [5.41, 5.74) is 2.28. The molecule has 0 radical (unpaired) electrons. The number of benzene rings is 2. The molecule has 3 aromatic rings. The van der Waals surface area contributed by atoms with Crippen molar-refractivity contribution in [3.63, 3.8) is 0 Å². The first-order valence-corrected chi connectivity index (χ1v) is 10.6. The Morgan fingerprint density at radius 2 is 1.73 bits per heavy atom. The van der Waals surface area contributed by atoms with Crippen LogP contribution in [0.2, 0.25) is 0 Å². The van der Waals surface area contributed by atoms with Crippen molar-refractivity contribution in [3.05, 3.63) is 59.7 Å². The van der Waals surface area contributed by atoms with E-state index in [2.05, 4.69) is 4.98 Å². The number of thiazole rings is 1. The minimum atomic E-state index is -3.47. The van der Waals surface area contributed by atoms with E-state index in [1.807, 2.05) is 25.3 Å². The molecule has 7 heteroatoms. The van der Waals surface area contributed by atoms with Gasteiger partial charge in [0.15, 0.2) is 0 Å². The van der Waals surface area contributed by atoms with Gasteiger partial charge in [0.1, 0.15) is 10.8 Å². The Balaban J connectivity index is 1.88. The minimum absolute atomic E-state index is 0.269. The Morgan fingerprint density at radius 1 is 1.04 bits per heavy atom. The molecular weight excluding hydrogens is 371 g/mol. The molecule has 0 atom stereocenters. The SMILES string of the molecule is CCN(CC)S(=O)(=O)c1ccc(-c2csc(-c3cccc(F)c3)n2)cc1. The van der Waals surface area contributed by atoms with Crippen LogP contribution in [0, 0.1) is 5.82 Å². The first-order chi connectivity index (χ1) is 12.5. The number of aromatic nitrogens is 1. The fourth-order valence-electron chi connectivity index (χ4n) is 2.67. The zero-order valence-corrected chi connectivity index (χ0v) is 16.1. The normalized spacial score (nSPS) is 11.8. The molecule has 0 fully saturated rings. The standard InChI is InChI=1S/C19H19FN2O2S2/c1-3-22(4-2)26(23,24)17-10-8-14(9-11-17)18-13-25-19(21-18)15-6-5-7-16(20)12-15/h5-13H,3-4H2,1-2H3. The predicted octanol–water partition coefficient (Wildman–Crippen LogP) is 4.65. The number of sulfonamides is 1. The molecule has 1 heterocycles. The fourth-order valence-corrected chi connectivity index (χ4v) is 4.95. The Labute approximate surface area is 157 Å². The van der Waals surface area contributed by atoms with Crippen LogP contribution < -0.4 is 0 Å². The van der Waals surface area contributed by atoms with Crippen molar-refractivity contribution in [2.24, 2.45) is 0 Å². The van der Waals surface area contributed by atoms with Gasteiger partial charge in [0.2, 0.25) is 10.0 Å². The lowest BCUT2D eigenvalue weighted by Gasteiger charge is -2.18. The van der Waals surface area contributed by atoms with Gasteiger partial charge in [-0.05, 0) is 24.3 Å². The minimum Gasteiger partial charge on any atom is -0.236 e. The largest absolute Gasteiger partial charge is 0.243 e. The van der Waals surface area contributed by atoms with Crippen molar-refractivity contribution >= 4 is 21.4 Å². The Bertz CT molecular complexity index is 994. The molecule has 0 spiro atoms. The van der Waals surface area contributed by atoms with E-state index in [9.17, 15) is 12.8 Å². The molecule has 0 aliphatic carbocycles. The molecule has 0 aliphatic heterocycles. The highest BCUT2D eigenvalue weighted by molar-refractivity contribution is 7.89. The third kappa shape index (κ3) is 3.70. The van der Waals surface area contributed by atoms with Crippen molar-refractivity contribution in [1.29, 1.82) is 0 Å². The van der Waals surface area contributed by atoms with Crippen LogP contribution in [-0.2, 0) is 10.0 Å². The molecule has 1 aromatic heterocycles. The summed E-state index contributed by atoms with van der Waals surface area (Å²) in [7, 11) is -3.47. The van der Waals surface area contributed by atoms with Gasteiger partial charge in [0.05, 0.1) is 10.6 Å². The lowest BCUT2D eigenvalue weighted by atomic mass is 10.2. The summed E-state index contributed by atoms with van der Waals surface area (Å²) in [6.45, 7) is 4.50. The van der Waals surface area contributed by atoms with E-state index in [1.165, 1.54) is 27.8 Å². The van der Waals surface area contributed by atoms with Gasteiger partial charge in [-0.25, -0.2) is 17.8 Å². The molecule has 0 saturated carbocycles. The number of halogens is 1. The van der Waals surface area contributed by atoms with Crippen molar-refractivity contribution in [3.8, 4) is 21.8 Å². The van der Waals surface area contributed by atoms with Gasteiger partial charge < -0.3 is 0 Å². The molecule has 0 bridgehead atoms. The Hall–Kier alpha value is -2.09. The predicted molar refractivity (Wildman–Crippen MR) is 103 cm³/mol. The summed E-state index contributed by atoms with van der Waals surface area (Å²) in [6.07, 6.45) is 0. The quantitative estimate of drug-likeness (QED) is 0.616. The topological polar surface area (TPSA) is 50.3 Å². The molecule has 136 valence electrons. The summed E-state index contributed by atoms with van der Waals surface area (Å²) < 4.78 is 39.9. The summed E-state index contributed by atoms with van der Waals surface area (Å²) in [6, 6.07) is 13.0. The zero-order valence-electron chi connectivity index (χ0n) is 14.5. The zero-order chi connectivity index (χ0) is 18.7. The first kappa shape index (κ1) is 18.7. The van der Waals surface area contributed by atoms with E-state index in [1.54, 1.807) is 30.3 Å². The maximum atomic E-state index is 13.4. The van der Waals surface area contributed by atoms with Crippen LogP contribution in [0.4, 0.5) is 4.39 Å². The fraction of sp³-hybridized carbons (Fsp3) is 0.211. The highest BCUT2D eigenvalue weighted by atomic mass is 32.2. The van der Waals surface area contributed by atoms with Gasteiger partial charge in [-0.15, -0.1) is 11.3 Å². The maximum absolute atomic E-state index is 13.4. The summed E-state index contributed by atoms with van der Waals surface area (Å²) >= 11 is 1.42. The third-order valence-corrected chi connectivity index (χ3v) is 7.02. The molecule has 0 saturated heterocycles. The second kappa shape index (κ2) is 7.65. The maximum Gasteiger partial charge on any atom is 0.243 e. The monoisotopic (exact) mass is 390 g/mol. The van der Waals surface area contributed by atoms with E-state index in [0.29, 0.717) is 13.1 Å². The average molecular weight is 391 g/mol. The van der Waals surface area contributed by atoms with Crippen LogP contribution in [0.25, 0.3) is 21.8 Å². The molecule has 26 heavy (non-hydrogen) atoms. The van der Waals surface area contributed by atoms with Gasteiger partial charge in [-0.1, -0.05) is 38.1 Å². The van der Waals surface area contributed by atoms with Crippen molar-refractivity contribution in [2.45, 2.75) is 18.7 Å². The van der Waals surface area contributed by atoms with Crippen LogP contribution in [-0.4, -0.2) is 30.8 Å². The molecule has 0 N–H and O–H groups in total. The summed E-state index contributed by atoms with van der Waals surface area (Å²) in [4.78, 5) is 4.81. The second-order valence-electron chi connectivity index (χ2n) is 5.66. The third-order valence-electron chi connectivity index (χ3n) is 4.07. The van der Waals surface area contributed by atoms with Crippen LogP contribution >= 0.6 is 11.3 Å². The molecule has 0 amide bonds. The van der Waals surface area contributed by atoms with Crippen LogP contribution in [0.15, 0.2) is 58.8 Å². The van der Waals surface area contributed by atoms with Crippen molar-refractivity contribution in [1.82, 2.24) is 9.29 Å². The molecule has 0 unspecified atom stereocenters. The summed E-state index contributed by atoms with van der Waals surface area (Å²) in [5, 5.41) is 2.60. The van der Waals surface area contributed by atoms with Gasteiger partial charge in [-0.3, -0.25) is 0 Å². The van der Waals surface area contributed by atoms with E-state index in [4.69, 9.17) is 0 Å². The molecular formula is C19H19FN2O2S2. The summed E-state index contributed by atoms with van der Waals surface area (Å²) in [5.74, 6) is -0.301. The van der Waals surface area contributed by atoms with Crippen LogP contribution in [0.1, 0.15) is 13.8 Å². The number of hydrogen-bond donors (Lipinski definition) is 0. The number of hydrogen-bond acceptors (Lipinski definition) is 4. The molecule has 2 aromatic carbocycles. The van der Waals surface area contributed by atoms with E-state index >= 15 is 0 Å². The smallest absolute Gasteiger partial charge is 0.236 e. The number of nitrogens with zero attached hydrogens (tertiary/aromatic N) is 2. The van der Waals surface area contributed by atoms with Gasteiger partial charge in [-0.2, -0.15) is 4.31 Å². The number of rotatable bonds is 6. The highest BCUT2D eigenvalue weighted by Gasteiger charge is 2.21. The lowest BCUT2D eigenvalue weighted by Crippen LogP contribution is -2.30. The molecule has 4 nitrogen and oxygen atoms in total. The van der Waals surface area contributed by atoms with Crippen molar-refractivity contribution < 1.29 is 12.8 Å².